The Morgan fingerprint density at radius 1 is 1.14 bits per heavy atom. The quantitative estimate of drug-likeness (QED) is 0.752. The van der Waals surface area contributed by atoms with Crippen molar-refractivity contribution in [2.24, 2.45) is 0 Å². The minimum Gasteiger partial charge on any atom is -0.456 e. The molecule has 106 valence electrons. The average Bonchev–Trinajstić information content (AvgIpc) is 2.95. The van der Waals surface area contributed by atoms with Crippen LogP contribution in [0.25, 0.3) is 10.2 Å². The van der Waals surface area contributed by atoms with Gasteiger partial charge in [0, 0.05) is 0 Å². The van der Waals surface area contributed by atoms with Crippen LogP contribution in [0.1, 0.15) is 16.7 Å². The van der Waals surface area contributed by atoms with Gasteiger partial charge in [0.1, 0.15) is 11.6 Å². The third kappa shape index (κ3) is 3.09. The van der Waals surface area contributed by atoms with Gasteiger partial charge in [0.05, 0.1) is 10.2 Å². The summed E-state index contributed by atoms with van der Waals surface area (Å²) >= 11 is 1.48. The zero-order valence-electron chi connectivity index (χ0n) is 11.1. The van der Waals surface area contributed by atoms with Gasteiger partial charge >= 0.3 is 5.97 Å². The molecule has 4 nitrogen and oxygen atoms in total. The van der Waals surface area contributed by atoms with Crippen molar-refractivity contribution in [1.29, 1.82) is 0 Å². The molecule has 1 N–H and O–H groups in total. The lowest BCUT2D eigenvalue weighted by Gasteiger charge is -2.09. The van der Waals surface area contributed by atoms with E-state index in [2.05, 4.69) is 4.98 Å². The molecule has 1 atom stereocenters. The molecule has 1 aromatic heterocycles. The molecular formula is C16H13NO3S. The van der Waals surface area contributed by atoms with Gasteiger partial charge in [-0.3, -0.25) is 0 Å². The molecule has 0 spiro atoms. The topological polar surface area (TPSA) is 59.4 Å². The minimum absolute atomic E-state index is 0.0715. The Balaban J connectivity index is 1.65. The highest BCUT2D eigenvalue weighted by molar-refractivity contribution is 7.18. The summed E-state index contributed by atoms with van der Waals surface area (Å²) in [7, 11) is 0. The van der Waals surface area contributed by atoms with Gasteiger partial charge < -0.3 is 9.84 Å². The molecule has 2 aromatic carbocycles. The molecule has 0 aliphatic heterocycles. The first-order chi connectivity index (χ1) is 10.2. The summed E-state index contributed by atoms with van der Waals surface area (Å²) < 4.78 is 6.18. The van der Waals surface area contributed by atoms with E-state index in [-0.39, 0.29) is 6.61 Å². The first kappa shape index (κ1) is 13.7. The average molecular weight is 299 g/mol. The van der Waals surface area contributed by atoms with Crippen molar-refractivity contribution in [3.63, 3.8) is 0 Å². The highest BCUT2D eigenvalue weighted by Crippen LogP contribution is 2.22. The van der Waals surface area contributed by atoms with Crippen molar-refractivity contribution in [3.05, 3.63) is 65.2 Å². The highest BCUT2D eigenvalue weighted by Gasteiger charge is 2.19. The number of fused-ring (bicyclic) bond motifs is 1. The lowest BCUT2D eigenvalue weighted by Crippen LogP contribution is -2.15. The predicted molar refractivity (Wildman–Crippen MR) is 80.8 cm³/mol. The fourth-order valence-corrected chi connectivity index (χ4v) is 2.85. The van der Waals surface area contributed by atoms with Crippen molar-refractivity contribution in [2.45, 2.75) is 12.7 Å². The van der Waals surface area contributed by atoms with E-state index in [1.165, 1.54) is 11.3 Å². The van der Waals surface area contributed by atoms with E-state index >= 15 is 0 Å². The monoisotopic (exact) mass is 299 g/mol. The SMILES string of the molecule is O=C(OCc1nc2ccccc2s1)[C@@H](O)c1ccccc1. The number of esters is 1. The van der Waals surface area contributed by atoms with E-state index in [1.807, 2.05) is 30.3 Å². The molecule has 0 bridgehead atoms. The number of aliphatic hydroxyl groups excluding tert-OH is 1. The van der Waals surface area contributed by atoms with Crippen LogP contribution in [-0.2, 0) is 16.1 Å². The van der Waals surface area contributed by atoms with Crippen molar-refractivity contribution in [3.8, 4) is 0 Å². The van der Waals surface area contributed by atoms with Gasteiger partial charge in [0.15, 0.2) is 6.10 Å². The molecule has 21 heavy (non-hydrogen) atoms. The zero-order chi connectivity index (χ0) is 14.7. The predicted octanol–water partition coefficient (Wildman–Crippen LogP) is 3.07. The molecule has 0 fully saturated rings. The van der Waals surface area contributed by atoms with Crippen molar-refractivity contribution in [2.75, 3.05) is 0 Å². The van der Waals surface area contributed by atoms with Gasteiger partial charge in [-0.15, -0.1) is 11.3 Å². The first-order valence-corrected chi connectivity index (χ1v) is 7.30. The second-order valence-corrected chi connectivity index (χ2v) is 5.61. The molecule has 0 aliphatic carbocycles. The number of nitrogens with zero attached hydrogens (tertiary/aromatic N) is 1. The summed E-state index contributed by atoms with van der Waals surface area (Å²) in [6, 6.07) is 16.5. The number of rotatable bonds is 4. The molecule has 0 saturated heterocycles. The summed E-state index contributed by atoms with van der Waals surface area (Å²) in [6.07, 6.45) is -1.26. The largest absolute Gasteiger partial charge is 0.456 e. The minimum atomic E-state index is -1.26. The molecule has 0 aliphatic rings. The molecule has 0 saturated carbocycles. The number of carbonyl (C=O) groups excluding carboxylic acids is 1. The van der Waals surface area contributed by atoms with E-state index in [0.29, 0.717) is 10.6 Å². The first-order valence-electron chi connectivity index (χ1n) is 6.48. The maximum absolute atomic E-state index is 11.8. The molecule has 3 aromatic rings. The van der Waals surface area contributed by atoms with Crippen LogP contribution in [0.15, 0.2) is 54.6 Å². The fraction of sp³-hybridized carbons (Fsp3) is 0.125. The van der Waals surface area contributed by atoms with Crippen LogP contribution in [0.4, 0.5) is 0 Å². The molecule has 0 unspecified atom stereocenters. The molecular weight excluding hydrogens is 286 g/mol. The highest BCUT2D eigenvalue weighted by atomic mass is 32.1. The summed E-state index contributed by atoms with van der Waals surface area (Å²) in [5, 5.41) is 10.6. The van der Waals surface area contributed by atoms with E-state index in [1.54, 1.807) is 24.3 Å². The molecule has 1 heterocycles. The van der Waals surface area contributed by atoms with Crippen molar-refractivity contribution < 1.29 is 14.6 Å². The van der Waals surface area contributed by atoms with E-state index in [4.69, 9.17) is 4.74 Å². The fourth-order valence-electron chi connectivity index (χ4n) is 1.96. The van der Waals surface area contributed by atoms with Crippen LogP contribution in [0.2, 0.25) is 0 Å². The number of thiazole rings is 1. The second kappa shape index (κ2) is 6.03. The lowest BCUT2D eigenvalue weighted by molar-refractivity contribution is -0.155. The maximum Gasteiger partial charge on any atom is 0.340 e. The number of hydrogen-bond acceptors (Lipinski definition) is 5. The number of ether oxygens (including phenoxy) is 1. The maximum atomic E-state index is 11.8. The van der Waals surface area contributed by atoms with Crippen LogP contribution < -0.4 is 0 Å². The van der Waals surface area contributed by atoms with Crippen LogP contribution in [-0.4, -0.2) is 16.1 Å². The summed E-state index contributed by atoms with van der Waals surface area (Å²) in [4.78, 5) is 16.2. The molecule has 5 heteroatoms. The molecule has 3 rings (SSSR count). The summed E-state index contributed by atoms with van der Waals surface area (Å²) in [5.41, 5.74) is 1.41. The third-order valence-corrected chi connectivity index (χ3v) is 4.02. The number of benzene rings is 2. The number of aromatic nitrogens is 1. The normalized spacial score (nSPS) is 12.2. The number of aliphatic hydroxyl groups is 1. The third-order valence-electron chi connectivity index (χ3n) is 3.01. The standard InChI is InChI=1S/C16H13NO3S/c18-15(11-6-2-1-3-7-11)16(19)20-10-14-17-12-8-4-5-9-13(12)21-14/h1-9,15,18H,10H2/t15-/m0/s1. The second-order valence-electron chi connectivity index (χ2n) is 4.50. The summed E-state index contributed by atoms with van der Waals surface area (Å²) in [5.74, 6) is -0.666. The Kier molecular flexibility index (Phi) is 3.94. The Morgan fingerprint density at radius 2 is 1.86 bits per heavy atom. The zero-order valence-corrected chi connectivity index (χ0v) is 11.9. The number of hydrogen-bond donors (Lipinski definition) is 1. The van der Waals surface area contributed by atoms with Gasteiger partial charge in [0.2, 0.25) is 0 Å². The van der Waals surface area contributed by atoms with Gasteiger partial charge in [0.25, 0.3) is 0 Å². The molecule has 0 amide bonds. The number of carbonyl (C=O) groups is 1. The van der Waals surface area contributed by atoms with Gasteiger partial charge in [-0.2, -0.15) is 0 Å². The van der Waals surface area contributed by atoms with Crippen molar-refractivity contribution >= 4 is 27.5 Å². The van der Waals surface area contributed by atoms with Crippen LogP contribution in [0.5, 0.6) is 0 Å². The van der Waals surface area contributed by atoms with Gasteiger partial charge in [-0.25, -0.2) is 9.78 Å². The Labute approximate surface area is 125 Å². The van der Waals surface area contributed by atoms with Crippen LogP contribution >= 0.6 is 11.3 Å². The Morgan fingerprint density at radius 3 is 2.62 bits per heavy atom. The molecule has 0 radical (unpaired) electrons. The lowest BCUT2D eigenvalue weighted by atomic mass is 10.1. The van der Waals surface area contributed by atoms with Crippen LogP contribution in [0.3, 0.4) is 0 Å². The van der Waals surface area contributed by atoms with Crippen LogP contribution in [0, 0.1) is 0 Å². The Bertz CT molecular complexity index is 721. The van der Waals surface area contributed by atoms with Gasteiger partial charge in [-0.05, 0) is 17.7 Å². The summed E-state index contributed by atoms with van der Waals surface area (Å²) in [6.45, 7) is 0.0715. The van der Waals surface area contributed by atoms with E-state index in [9.17, 15) is 9.90 Å². The van der Waals surface area contributed by atoms with E-state index in [0.717, 1.165) is 10.2 Å². The number of para-hydroxylation sites is 1. The Hall–Kier alpha value is -2.24. The van der Waals surface area contributed by atoms with Crippen molar-refractivity contribution in [1.82, 2.24) is 4.98 Å². The smallest absolute Gasteiger partial charge is 0.340 e. The van der Waals surface area contributed by atoms with Gasteiger partial charge in [-0.1, -0.05) is 42.5 Å². The van der Waals surface area contributed by atoms with E-state index < -0.39 is 12.1 Å².